The van der Waals surface area contributed by atoms with Gasteiger partial charge in [0.2, 0.25) is 0 Å². The van der Waals surface area contributed by atoms with Gasteiger partial charge in [-0.25, -0.2) is 0 Å². The number of carbonyl (C=O) groups is 1. The zero-order chi connectivity index (χ0) is 16.7. The molecule has 2 aromatic carbocycles. The molecule has 0 saturated carbocycles. The molecule has 2 unspecified atom stereocenters. The number of hydrogen-bond acceptors (Lipinski definition) is 2. The molecule has 0 aliphatic rings. The van der Waals surface area contributed by atoms with E-state index in [2.05, 4.69) is 12.2 Å². The van der Waals surface area contributed by atoms with Crippen molar-refractivity contribution in [2.45, 2.75) is 38.8 Å². The molecule has 4 heteroatoms. The number of ether oxygens (including phenoxy) is 1. The number of nitrogens with one attached hydrogen (secondary N) is 1. The molecular formula is C19H22ClNO2. The van der Waals surface area contributed by atoms with E-state index in [4.69, 9.17) is 16.3 Å². The fourth-order valence-corrected chi connectivity index (χ4v) is 2.50. The summed E-state index contributed by atoms with van der Waals surface area (Å²) in [6.45, 7) is 3.99. The van der Waals surface area contributed by atoms with Gasteiger partial charge in [0.15, 0.2) is 6.10 Å². The Morgan fingerprint density at radius 1 is 1.04 bits per heavy atom. The smallest absolute Gasteiger partial charge is 0.261 e. The minimum absolute atomic E-state index is 0.00781. The van der Waals surface area contributed by atoms with Crippen molar-refractivity contribution >= 4 is 17.5 Å². The Labute approximate surface area is 142 Å². The Hall–Kier alpha value is -2.00. The lowest BCUT2D eigenvalue weighted by atomic mass is 10.0. The second-order valence-corrected chi connectivity index (χ2v) is 5.79. The van der Waals surface area contributed by atoms with E-state index in [1.165, 1.54) is 0 Å². The Morgan fingerprint density at radius 3 is 2.26 bits per heavy atom. The van der Waals surface area contributed by atoms with E-state index < -0.39 is 6.10 Å². The maximum atomic E-state index is 12.5. The van der Waals surface area contributed by atoms with Gasteiger partial charge in [-0.3, -0.25) is 4.79 Å². The van der Waals surface area contributed by atoms with Crippen LogP contribution in [0.5, 0.6) is 5.75 Å². The van der Waals surface area contributed by atoms with Crippen LogP contribution in [-0.2, 0) is 4.79 Å². The van der Waals surface area contributed by atoms with E-state index in [0.29, 0.717) is 17.2 Å². The van der Waals surface area contributed by atoms with E-state index in [0.717, 1.165) is 12.0 Å². The molecule has 2 atom stereocenters. The highest BCUT2D eigenvalue weighted by Gasteiger charge is 2.21. The van der Waals surface area contributed by atoms with Crippen LogP contribution in [0.2, 0.25) is 5.02 Å². The molecule has 0 saturated heterocycles. The minimum Gasteiger partial charge on any atom is -0.481 e. The van der Waals surface area contributed by atoms with Gasteiger partial charge in [-0.1, -0.05) is 55.8 Å². The summed E-state index contributed by atoms with van der Waals surface area (Å²) in [6.07, 6.45) is 0.904. The number of hydrogen-bond donors (Lipinski definition) is 1. The van der Waals surface area contributed by atoms with Gasteiger partial charge in [0.1, 0.15) is 5.75 Å². The number of benzene rings is 2. The SMILES string of the molecule is CCC(Oc1ccc(Cl)cc1)C(=O)NC(CC)c1ccccc1. The molecule has 1 N–H and O–H groups in total. The van der Waals surface area contributed by atoms with Crippen molar-refractivity contribution in [3.8, 4) is 5.75 Å². The van der Waals surface area contributed by atoms with Crippen LogP contribution in [0.1, 0.15) is 38.3 Å². The van der Waals surface area contributed by atoms with Crippen molar-refractivity contribution in [3.05, 3.63) is 65.2 Å². The molecule has 0 aromatic heterocycles. The lowest BCUT2D eigenvalue weighted by Gasteiger charge is -2.22. The summed E-state index contributed by atoms with van der Waals surface area (Å²) in [5.74, 6) is 0.544. The Balaban J connectivity index is 2.02. The van der Waals surface area contributed by atoms with Crippen molar-refractivity contribution < 1.29 is 9.53 Å². The first-order valence-corrected chi connectivity index (χ1v) is 8.29. The van der Waals surface area contributed by atoms with E-state index >= 15 is 0 Å². The Bertz CT molecular complexity index is 613. The molecule has 0 fully saturated rings. The number of halogens is 1. The largest absolute Gasteiger partial charge is 0.481 e. The Morgan fingerprint density at radius 2 is 1.70 bits per heavy atom. The third kappa shape index (κ3) is 5.00. The maximum absolute atomic E-state index is 12.5. The highest BCUT2D eigenvalue weighted by atomic mass is 35.5. The molecule has 1 amide bonds. The summed E-state index contributed by atoms with van der Waals surface area (Å²) in [4.78, 5) is 12.5. The number of carbonyl (C=O) groups excluding carboxylic acids is 1. The summed E-state index contributed by atoms with van der Waals surface area (Å²) in [7, 11) is 0. The maximum Gasteiger partial charge on any atom is 0.261 e. The van der Waals surface area contributed by atoms with Gasteiger partial charge in [0.25, 0.3) is 5.91 Å². The summed E-state index contributed by atoms with van der Waals surface area (Å²) >= 11 is 5.87. The molecule has 23 heavy (non-hydrogen) atoms. The summed E-state index contributed by atoms with van der Waals surface area (Å²) in [6, 6.07) is 17.0. The van der Waals surface area contributed by atoms with Gasteiger partial charge in [0, 0.05) is 5.02 Å². The van der Waals surface area contributed by atoms with Crippen molar-refractivity contribution in [2.75, 3.05) is 0 Å². The van der Waals surface area contributed by atoms with Gasteiger partial charge >= 0.3 is 0 Å². The van der Waals surface area contributed by atoms with Crippen LogP contribution in [0, 0.1) is 0 Å². The highest BCUT2D eigenvalue weighted by Crippen LogP contribution is 2.19. The molecule has 122 valence electrons. The van der Waals surface area contributed by atoms with Crippen molar-refractivity contribution in [1.29, 1.82) is 0 Å². The van der Waals surface area contributed by atoms with Gasteiger partial charge in [-0.15, -0.1) is 0 Å². The van der Waals surface area contributed by atoms with Crippen LogP contribution in [0.15, 0.2) is 54.6 Å². The standard InChI is InChI=1S/C19H22ClNO2/c1-3-17(14-8-6-5-7-9-14)21-19(22)18(4-2)23-16-12-10-15(20)11-13-16/h5-13,17-18H,3-4H2,1-2H3,(H,21,22). The van der Waals surface area contributed by atoms with Crippen LogP contribution in [0.4, 0.5) is 0 Å². The third-order valence-corrected chi connectivity index (χ3v) is 3.93. The van der Waals surface area contributed by atoms with Crippen LogP contribution >= 0.6 is 11.6 Å². The number of rotatable bonds is 7. The average Bonchev–Trinajstić information content (AvgIpc) is 2.59. The average molecular weight is 332 g/mol. The Kier molecular flexibility index (Phi) is 6.48. The van der Waals surface area contributed by atoms with Crippen LogP contribution < -0.4 is 10.1 Å². The van der Waals surface area contributed by atoms with Crippen molar-refractivity contribution in [2.24, 2.45) is 0 Å². The first-order chi connectivity index (χ1) is 11.1. The predicted octanol–water partition coefficient (Wildman–Crippen LogP) is 4.76. The molecule has 3 nitrogen and oxygen atoms in total. The van der Waals surface area contributed by atoms with Gasteiger partial charge < -0.3 is 10.1 Å². The normalized spacial score (nSPS) is 13.2. The fourth-order valence-electron chi connectivity index (χ4n) is 2.37. The second kappa shape index (κ2) is 8.59. The first kappa shape index (κ1) is 17.4. The van der Waals surface area contributed by atoms with Crippen molar-refractivity contribution in [3.63, 3.8) is 0 Å². The molecule has 0 aliphatic heterocycles. The van der Waals surface area contributed by atoms with Crippen LogP contribution in [0.25, 0.3) is 0 Å². The summed E-state index contributed by atoms with van der Waals surface area (Å²) in [5, 5.41) is 3.72. The van der Waals surface area contributed by atoms with E-state index in [9.17, 15) is 4.79 Å². The van der Waals surface area contributed by atoms with Crippen molar-refractivity contribution in [1.82, 2.24) is 5.32 Å². The molecule has 0 radical (unpaired) electrons. The lowest BCUT2D eigenvalue weighted by molar-refractivity contribution is -0.128. The van der Waals surface area contributed by atoms with Gasteiger partial charge in [0.05, 0.1) is 6.04 Å². The van der Waals surface area contributed by atoms with Crippen LogP contribution in [0.3, 0.4) is 0 Å². The van der Waals surface area contributed by atoms with E-state index in [1.54, 1.807) is 24.3 Å². The quantitative estimate of drug-likeness (QED) is 0.794. The molecule has 0 aliphatic carbocycles. The highest BCUT2D eigenvalue weighted by molar-refractivity contribution is 6.30. The predicted molar refractivity (Wildman–Crippen MR) is 93.8 cm³/mol. The molecule has 0 bridgehead atoms. The molecule has 0 heterocycles. The summed E-state index contributed by atoms with van der Waals surface area (Å²) in [5.41, 5.74) is 1.10. The zero-order valence-corrected chi connectivity index (χ0v) is 14.2. The number of amides is 1. The lowest BCUT2D eigenvalue weighted by Crippen LogP contribution is -2.39. The third-order valence-electron chi connectivity index (χ3n) is 3.68. The minimum atomic E-state index is -0.520. The van der Waals surface area contributed by atoms with Gasteiger partial charge in [-0.05, 0) is 42.7 Å². The van der Waals surface area contributed by atoms with E-state index in [-0.39, 0.29) is 11.9 Å². The van der Waals surface area contributed by atoms with Gasteiger partial charge in [-0.2, -0.15) is 0 Å². The van der Waals surface area contributed by atoms with E-state index in [1.807, 2.05) is 37.3 Å². The first-order valence-electron chi connectivity index (χ1n) is 7.91. The molecule has 0 spiro atoms. The topological polar surface area (TPSA) is 38.3 Å². The molecular weight excluding hydrogens is 310 g/mol. The fraction of sp³-hybridized carbons (Fsp3) is 0.316. The summed E-state index contributed by atoms with van der Waals surface area (Å²) < 4.78 is 5.79. The second-order valence-electron chi connectivity index (χ2n) is 5.35. The molecule has 2 aromatic rings. The van der Waals surface area contributed by atoms with Crippen LogP contribution in [-0.4, -0.2) is 12.0 Å². The molecule has 2 rings (SSSR count). The monoisotopic (exact) mass is 331 g/mol. The zero-order valence-electron chi connectivity index (χ0n) is 13.5.